The van der Waals surface area contributed by atoms with Crippen molar-refractivity contribution in [3.8, 4) is 0 Å². The molecule has 0 saturated heterocycles. The molecule has 0 bridgehead atoms. The molecule has 2 rings (SSSR count). The van der Waals surface area contributed by atoms with Gasteiger partial charge in [-0.05, 0) is 0 Å². The number of rotatable bonds is 3. The van der Waals surface area contributed by atoms with Gasteiger partial charge in [-0.15, -0.1) is 0 Å². The quantitative estimate of drug-likeness (QED) is 0.627. The Morgan fingerprint density at radius 1 is 1.60 bits per heavy atom. The first kappa shape index (κ1) is 11.1. The Morgan fingerprint density at radius 2 is 2.40 bits per heavy atom. The van der Waals surface area contributed by atoms with E-state index in [2.05, 4.69) is 23.7 Å². The number of allylic oxidation sites excluding steroid dienone is 2. The third-order valence-corrected chi connectivity index (χ3v) is 5.63. The number of carbonyl (C=O) groups is 1. The van der Waals surface area contributed by atoms with E-state index < -0.39 is 0 Å². The van der Waals surface area contributed by atoms with Crippen LogP contribution in [0.25, 0.3) is 0 Å². The number of hydrogen-bond acceptors (Lipinski definition) is 3. The second kappa shape index (κ2) is 4.60. The molecule has 1 aliphatic heterocycles. The van der Waals surface area contributed by atoms with Crippen LogP contribution in [0.4, 0.5) is 0 Å². The summed E-state index contributed by atoms with van der Waals surface area (Å²) in [7, 11) is 0. The summed E-state index contributed by atoms with van der Waals surface area (Å²) in [5, 5.41) is 0. The van der Waals surface area contributed by atoms with Crippen LogP contribution in [-0.4, -0.2) is 37.6 Å². The minimum atomic E-state index is 0.274. The van der Waals surface area contributed by atoms with E-state index in [9.17, 15) is 4.79 Å². The van der Waals surface area contributed by atoms with Gasteiger partial charge < -0.3 is 0 Å². The van der Waals surface area contributed by atoms with E-state index in [0.29, 0.717) is 6.54 Å². The predicted octanol–water partition coefficient (Wildman–Crippen LogP) is 2.18. The van der Waals surface area contributed by atoms with Crippen LogP contribution in [0.3, 0.4) is 0 Å². The molecule has 1 aliphatic rings. The Balaban J connectivity index is 2.02. The zero-order valence-corrected chi connectivity index (χ0v) is 11.3. The molecule has 0 atom stereocenters. The Hall–Kier alpha value is -0.441. The van der Waals surface area contributed by atoms with Crippen LogP contribution in [-0.2, 0) is 0 Å². The van der Waals surface area contributed by atoms with Gasteiger partial charge in [0.25, 0.3) is 0 Å². The maximum absolute atomic E-state index is 11.9. The zero-order valence-electron chi connectivity index (χ0n) is 8.82. The third kappa shape index (κ3) is 2.39. The second-order valence-corrected chi connectivity index (χ2v) is 6.66. The van der Waals surface area contributed by atoms with Crippen molar-refractivity contribution < 1.29 is 4.79 Å². The van der Waals surface area contributed by atoms with Crippen LogP contribution in [0.5, 0.6) is 0 Å². The van der Waals surface area contributed by atoms with E-state index in [4.69, 9.17) is 0 Å². The molecular formula is C11H13NOSSe. The van der Waals surface area contributed by atoms with Gasteiger partial charge in [0.2, 0.25) is 0 Å². The summed E-state index contributed by atoms with van der Waals surface area (Å²) in [5.41, 5.74) is 1.26. The van der Waals surface area contributed by atoms with Crippen molar-refractivity contribution in [2.45, 2.75) is 13.8 Å². The molecule has 0 N–H and O–H groups in total. The van der Waals surface area contributed by atoms with E-state index in [0.717, 1.165) is 10.3 Å². The fourth-order valence-electron chi connectivity index (χ4n) is 1.45. The SMILES string of the molecule is CC1=C(C)N(CC(=O)c2ccc[se]2)CS1. The topological polar surface area (TPSA) is 20.3 Å². The average Bonchev–Trinajstić information content (AvgIpc) is 2.83. The number of ketones is 1. The van der Waals surface area contributed by atoms with Gasteiger partial charge in [0, 0.05) is 0 Å². The van der Waals surface area contributed by atoms with Crippen molar-refractivity contribution in [1.29, 1.82) is 0 Å². The molecule has 0 radical (unpaired) electrons. The molecule has 0 spiro atoms. The minimum absolute atomic E-state index is 0.274. The van der Waals surface area contributed by atoms with Crippen molar-refractivity contribution in [3.63, 3.8) is 0 Å². The molecule has 4 heteroatoms. The summed E-state index contributed by atoms with van der Waals surface area (Å²) in [6, 6.07) is 3.94. The van der Waals surface area contributed by atoms with Gasteiger partial charge in [-0.1, -0.05) is 0 Å². The van der Waals surface area contributed by atoms with Crippen molar-refractivity contribution in [1.82, 2.24) is 4.90 Å². The standard InChI is InChI=1S/C11H13NOSSe/c1-8-9(2)14-7-12(8)6-10(13)11-4-3-5-15-11/h3-5H,6-7H2,1-2H3. The Morgan fingerprint density at radius 3 is 2.93 bits per heavy atom. The molecule has 15 heavy (non-hydrogen) atoms. The molecule has 0 unspecified atom stereocenters. The van der Waals surface area contributed by atoms with Crippen molar-refractivity contribution in [2.24, 2.45) is 0 Å². The Bertz CT molecular complexity index is 397. The van der Waals surface area contributed by atoms with Gasteiger partial charge in [0.05, 0.1) is 0 Å². The summed E-state index contributed by atoms with van der Waals surface area (Å²) < 4.78 is 1.00. The molecule has 2 nitrogen and oxygen atoms in total. The van der Waals surface area contributed by atoms with E-state index in [1.165, 1.54) is 10.6 Å². The second-order valence-electron chi connectivity index (χ2n) is 3.51. The van der Waals surface area contributed by atoms with Crippen LogP contribution >= 0.6 is 11.8 Å². The molecule has 0 aromatic carbocycles. The molecule has 0 aliphatic carbocycles. The molecule has 2 heterocycles. The summed E-state index contributed by atoms with van der Waals surface area (Å²) >= 11 is 2.10. The van der Waals surface area contributed by atoms with Crippen molar-refractivity contribution in [3.05, 3.63) is 32.1 Å². The maximum atomic E-state index is 11.9. The first-order chi connectivity index (χ1) is 7.18. The molecule has 80 valence electrons. The Kier molecular flexibility index (Phi) is 3.39. The van der Waals surface area contributed by atoms with E-state index in [-0.39, 0.29) is 20.3 Å². The predicted molar refractivity (Wildman–Crippen MR) is 65.3 cm³/mol. The first-order valence-electron chi connectivity index (χ1n) is 4.80. The third-order valence-electron chi connectivity index (χ3n) is 2.55. The molecular weight excluding hydrogens is 273 g/mol. The number of carbonyl (C=O) groups excluding carboxylic acids is 1. The first-order valence-corrected chi connectivity index (χ1v) is 7.63. The van der Waals surface area contributed by atoms with E-state index in [1.807, 2.05) is 23.9 Å². The summed E-state index contributed by atoms with van der Waals surface area (Å²) in [5.74, 6) is 1.21. The molecule has 0 fully saturated rings. The van der Waals surface area contributed by atoms with Gasteiger partial charge in [0.1, 0.15) is 0 Å². The van der Waals surface area contributed by atoms with Crippen LogP contribution in [0.2, 0.25) is 0 Å². The Labute approximate surface area is 100 Å². The fourth-order valence-corrected chi connectivity index (χ4v) is 3.80. The molecule has 1 aromatic heterocycles. The summed E-state index contributed by atoms with van der Waals surface area (Å²) in [4.78, 5) is 17.5. The van der Waals surface area contributed by atoms with Crippen LogP contribution < -0.4 is 0 Å². The van der Waals surface area contributed by atoms with E-state index >= 15 is 0 Å². The number of thioether (sulfide) groups is 1. The summed E-state index contributed by atoms with van der Waals surface area (Å²) in [6.45, 7) is 4.76. The van der Waals surface area contributed by atoms with Gasteiger partial charge >= 0.3 is 100 Å². The number of Topliss-reactive ketones (excluding diaryl/α,β-unsaturated/α-hetero) is 1. The van der Waals surface area contributed by atoms with Gasteiger partial charge in [-0.3, -0.25) is 0 Å². The van der Waals surface area contributed by atoms with Gasteiger partial charge in [0.15, 0.2) is 0 Å². The monoisotopic (exact) mass is 287 g/mol. The van der Waals surface area contributed by atoms with Crippen LogP contribution in [0, 0.1) is 0 Å². The summed E-state index contributed by atoms with van der Waals surface area (Å²) in [6.07, 6.45) is 0. The fraction of sp³-hybridized carbons (Fsp3) is 0.364. The van der Waals surface area contributed by atoms with Gasteiger partial charge in [-0.2, -0.15) is 0 Å². The molecule has 1 aromatic rings. The van der Waals surface area contributed by atoms with Crippen molar-refractivity contribution >= 4 is 32.0 Å². The van der Waals surface area contributed by atoms with Crippen LogP contribution in [0.1, 0.15) is 23.1 Å². The molecule has 0 saturated carbocycles. The average molecular weight is 286 g/mol. The number of hydrogen-bond donors (Lipinski definition) is 0. The van der Waals surface area contributed by atoms with Gasteiger partial charge in [-0.25, -0.2) is 0 Å². The molecule has 0 amide bonds. The normalized spacial score (nSPS) is 16.3. The van der Waals surface area contributed by atoms with E-state index in [1.54, 1.807) is 0 Å². The zero-order chi connectivity index (χ0) is 10.8. The van der Waals surface area contributed by atoms with Crippen LogP contribution in [0.15, 0.2) is 27.7 Å². The van der Waals surface area contributed by atoms with Crippen molar-refractivity contribution in [2.75, 3.05) is 12.4 Å². The number of nitrogens with zero attached hydrogens (tertiary/aromatic N) is 1.